The predicted molar refractivity (Wildman–Crippen MR) is 121 cm³/mol. The third-order valence-electron chi connectivity index (χ3n) is 5.36. The fourth-order valence-corrected chi connectivity index (χ4v) is 4.10. The highest BCUT2D eigenvalue weighted by Crippen LogP contribution is 2.42. The Bertz CT molecular complexity index is 1360. The Labute approximate surface area is 174 Å². The van der Waals surface area contributed by atoms with Crippen molar-refractivity contribution in [3.8, 4) is 28.4 Å². The molecule has 1 heterocycles. The largest absolute Gasteiger partial charge is 0.497 e. The van der Waals surface area contributed by atoms with E-state index in [1.807, 2.05) is 30.3 Å². The van der Waals surface area contributed by atoms with Crippen LogP contribution in [0.5, 0.6) is 5.75 Å². The first kappa shape index (κ1) is 17.8. The minimum atomic E-state index is 0.721. The number of ether oxygens (including phenoxy) is 1. The SMILES string of the molecule is COc1ccc2c(-c3ccc(Cl)cc3C)oc(-c3ccc4ccccc4c3)c2c1. The number of furan rings is 1. The second-order valence-electron chi connectivity index (χ2n) is 7.19. The monoisotopic (exact) mass is 398 g/mol. The first-order chi connectivity index (χ1) is 14.1. The number of hydrogen-bond donors (Lipinski definition) is 0. The molecule has 0 aliphatic carbocycles. The van der Waals surface area contributed by atoms with Crippen LogP contribution in [0.25, 0.3) is 44.2 Å². The minimum Gasteiger partial charge on any atom is -0.497 e. The van der Waals surface area contributed by atoms with Crippen LogP contribution in [-0.4, -0.2) is 7.11 Å². The fourth-order valence-electron chi connectivity index (χ4n) is 3.88. The normalized spacial score (nSPS) is 11.3. The molecule has 0 saturated heterocycles. The van der Waals surface area contributed by atoms with E-state index in [9.17, 15) is 0 Å². The molecule has 0 spiro atoms. The maximum Gasteiger partial charge on any atom is 0.142 e. The first-order valence-corrected chi connectivity index (χ1v) is 9.88. The number of benzene rings is 4. The average Bonchev–Trinajstić information content (AvgIpc) is 3.12. The molecule has 3 heteroatoms. The van der Waals surface area contributed by atoms with Gasteiger partial charge in [0.1, 0.15) is 17.3 Å². The van der Waals surface area contributed by atoms with Crippen LogP contribution in [0.2, 0.25) is 5.02 Å². The van der Waals surface area contributed by atoms with E-state index in [0.717, 1.165) is 49.8 Å². The van der Waals surface area contributed by atoms with Crippen LogP contribution in [0.3, 0.4) is 0 Å². The quantitative estimate of drug-likeness (QED) is 0.308. The van der Waals surface area contributed by atoms with Crippen molar-refractivity contribution in [1.29, 1.82) is 0 Å². The number of rotatable bonds is 3. The maximum atomic E-state index is 6.51. The van der Waals surface area contributed by atoms with Crippen molar-refractivity contribution < 1.29 is 9.15 Å². The number of aryl methyl sites for hydroxylation is 1. The van der Waals surface area contributed by atoms with E-state index in [0.29, 0.717) is 0 Å². The second-order valence-corrected chi connectivity index (χ2v) is 7.63. The Morgan fingerprint density at radius 1 is 0.759 bits per heavy atom. The fraction of sp³-hybridized carbons (Fsp3) is 0.0769. The molecular weight excluding hydrogens is 380 g/mol. The van der Waals surface area contributed by atoms with Gasteiger partial charge in [-0.2, -0.15) is 0 Å². The van der Waals surface area contributed by atoms with Gasteiger partial charge in [-0.15, -0.1) is 0 Å². The van der Waals surface area contributed by atoms with Gasteiger partial charge < -0.3 is 9.15 Å². The molecule has 0 radical (unpaired) electrons. The maximum absolute atomic E-state index is 6.51. The molecule has 1 aromatic heterocycles. The van der Waals surface area contributed by atoms with Gasteiger partial charge in [0.15, 0.2) is 0 Å². The zero-order valence-electron chi connectivity index (χ0n) is 16.2. The molecule has 0 N–H and O–H groups in total. The van der Waals surface area contributed by atoms with Crippen LogP contribution in [0, 0.1) is 6.92 Å². The van der Waals surface area contributed by atoms with Gasteiger partial charge in [0.2, 0.25) is 0 Å². The molecule has 0 unspecified atom stereocenters. The molecule has 0 saturated carbocycles. The Morgan fingerprint density at radius 3 is 2.38 bits per heavy atom. The number of fused-ring (bicyclic) bond motifs is 2. The van der Waals surface area contributed by atoms with Crippen molar-refractivity contribution in [2.24, 2.45) is 0 Å². The molecular formula is C26H19ClO2. The van der Waals surface area contributed by atoms with Crippen LogP contribution in [0.4, 0.5) is 0 Å². The Kier molecular flexibility index (Phi) is 4.30. The smallest absolute Gasteiger partial charge is 0.142 e. The van der Waals surface area contributed by atoms with Crippen LogP contribution in [-0.2, 0) is 0 Å². The lowest BCUT2D eigenvalue weighted by molar-refractivity contribution is 0.415. The van der Waals surface area contributed by atoms with Crippen molar-refractivity contribution in [3.05, 3.63) is 89.4 Å². The molecule has 0 bridgehead atoms. The predicted octanol–water partition coefficient (Wildman–Crippen LogP) is 7.89. The van der Waals surface area contributed by atoms with E-state index in [2.05, 4.69) is 55.5 Å². The molecule has 29 heavy (non-hydrogen) atoms. The van der Waals surface area contributed by atoms with Crippen LogP contribution in [0.1, 0.15) is 5.56 Å². The summed E-state index contributed by atoms with van der Waals surface area (Å²) in [4.78, 5) is 0. The topological polar surface area (TPSA) is 22.4 Å². The molecule has 5 aromatic rings. The second kappa shape index (κ2) is 6.98. The lowest BCUT2D eigenvalue weighted by Gasteiger charge is -2.04. The third-order valence-corrected chi connectivity index (χ3v) is 5.60. The molecule has 142 valence electrons. The number of halogens is 1. The lowest BCUT2D eigenvalue weighted by Crippen LogP contribution is -1.83. The molecule has 0 aliphatic heterocycles. The number of hydrogen-bond acceptors (Lipinski definition) is 2. The summed E-state index contributed by atoms with van der Waals surface area (Å²) in [7, 11) is 1.68. The molecule has 0 amide bonds. The molecule has 0 fully saturated rings. The number of methoxy groups -OCH3 is 1. The van der Waals surface area contributed by atoms with E-state index in [1.165, 1.54) is 10.8 Å². The van der Waals surface area contributed by atoms with E-state index in [1.54, 1.807) is 7.11 Å². The summed E-state index contributed by atoms with van der Waals surface area (Å²) in [6.45, 7) is 2.05. The van der Waals surface area contributed by atoms with Gasteiger partial charge in [0.05, 0.1) is 7.11 Å². The summed E-state index contributed by atoms with van der Waals surface area (Å²) < 4.78 is 12.0. The Hall–Kier alpha value is -3.23. The average molecular weight is 399 g/mol. The van der Waals surface area contributed by atoms with Crippen LogP contribution < -0.4 is 4.74 Å². The molecule has 0 aliphatic rings. The highest BCUT2D eigenvalue weighted by molar-refractivity contribution is 6.30. The summed E-state index contributed by atoms with van der Waals surface area (Å²) >= 11 is 6.17. The van der Waals surface area contributed by atoms with Gasteiger partial charge in [0, 0.05) is 26.9 Å². The third kappa shape index (κ3) is 3.06. The Morgan fingerprint density at radius 2 is 1.59 bits per heavy atom. The summed E-state index contributed by atoms with van der Waals surface area (Å²) in [5, 5.41) is 5.20. The Balaban J connectivity index is 1.80. The van der Waals surface area contributed by atoms with Crippen molar-refractivity contribution >= 4 is 33.1 Å². The first-order valence-electron chi connectivity index (χ1n) is 9.50. The van der Waals surface area contributed by atoms with Crippen molar-refractivity contribution in [1.82, 2.24) is 0 Å². The van der Waals surface area contributed by atoms with Crippen molar-refractivity contribution in [3.63, 3.8) is 0 Å². The van der Waals surface area contributed by atoms with E-state index >= 15 is 0 Å². The van der Waals surface area contributed by atoms with Crippen molar-refractivity contribution in [2.75, 3.05) is 7.11 Å². The molecule has 0 atom stereocenters. The van der Waals surface area contributed by atoms with Gasteiger partial charge in [-0.05, 0) is 65.7 Å². The van der Waals surface area contributed by atoms with Crippen LogP contribution >= 0.6 is 11.6 Å². The highest BCUT2D eigenvalue weighted by atomic mass is 35.5. The van der Waals surface area contributed by atoms with E-state index < -0.39 is 0 Å². The summed E-state index contributed by atoms with van der Waals surface area (Å²) in [6.07, 6.45) is 0. The summed E-state index contributed by atoms with van der Waals surface area (Å²) in [5.74, 6) is 2.49. The highest BCUT2D eigenvalue weighted by Gasteiger charge is 2.18. The zero-order chi connectivity index (χ0) is 20.0. The minimum absolute atomic E-state index is 0.721. The molecule has 5 rings (SSSR count). The van der Waals surface area contributed by atoms with E-state index in [4.69, 9.17) is 20.8 Å². The summed E-state index contributed by atoms with van der Waals surface area (Å²) in [6, 6.07) is 26.7. The summed E-state index contributed by atoms with van der Waals surface area (Å²) in [5.41, 5.74) is 3.16. The zero-order valence-corrected chi connectivity index (χ0v) is 17.0. The van der Waals surface area contributed by atoms with Gasteiger partial charge in [-0.1, -0.05) is 48.0 Å². The standard InChI is InChI=1S/C26H19ClO2/c1-16-13-20(27)9-11-22(16)26-23-12-10-21(28-2)15-24(23)25(29-26)19-8-7-17-5-3-4-6-18(17)14-19/h3-15H,1-2H3. The van der Waals surface area contributed by atoms with E-state index in [-0.39, 0.29) is 0 Å². The van der Waals surface area contributed by atoms with Gasteiger partial charge in [0.25, 0.3) is 0 Å². The van der Waals surface area contributed by atoms with Gasteiger partial charge in [-0.3, -0.25) is 0 Å². The molecule has 2 nitrogen and oxygen atoms in total. The van der Waals surface area contributed by atoms with Gasteiger partial charge >= 0.3 is 0 Å². The van der Waals surface area contributed by atoms with Crippen molar-refractivity contribution in [2.45, 2.75) is 6.92 Å². The van der Waals surface area contributed by atoms with Crippen LogP contribution in [0.15, 0.2) is 83.3 Å². The molecule has 4 aromatic carbocycles. The lowest BCUT2D eigenvalue weighted by atomic mass is 10.0. The van der Waals surface area contributed by atoms with Gasteiger partial charge in [-0.25, -0.2) is 0 Å².